The summed E-state index contributed by atoms with van der Waals surface area (Å²) in [4.78, 5) is 0. The van der Waals surface area contributed by atoms with Crippen LogP contribution < -0.4 is 10.1 Å². The van der Waals surface area contributed by atoms with Gasteiger partial charge >= 0.3 is 0 Å². The number of hydrogen-bond acceptors (Lipinski definition) is 3. The molecule has 0 saturated carbocycles. The van der Waals surface area contributed by atoms with Crippen LogP contribution in [0.1, 0.15) is 11.1 Å². The number of halogens is 2. The van der Waals surface area contributed by atoms with Gasteiger partial charge in [0.25, 0.3) is 0 Å². The van der Waals surface area contributed by atoms with Crippen LogP contribution in [0.5, 0.6) is 11.5 Å². The molecule has 0 saturated heterocycles. The van der Waals surface area contributed by atoms with Crippen molar-refractivity contribution in [1.82, 2.24) is 0 Å². The first kappa shape index (κ1) is 17.5. The minimum atomic E-state index is -0.106. The van der Waals surface area contributed by atoms with Gasteiger partial charge in [-0.15, -0.1) is 0 Å². The fourth-order valence-electron chi connectivity index (χ4n) is 2.36. The Morgan fingerprint density at radius 3 is 2.24 bits per heavy atom. The lowest BCUT2D eigenvalue weighted by molar-refractivity contribution is 0.306. The molecule has 25 heavy (non-hydrogen) atoms. The maximum absolute atomic E-state index is 9.60. The maximum Gasteiger partial charge on any atom is 0.152 e. The second-order valence-corrected chi connectivity index (χ2v) is 6.38. The maximum atomic E-state index is 9.60. The molecule has 0 fully saturated rings. The summed E-state index contributed by atoms with van der Waals surface area (Å²) in [6.07, 6.45) is 0. The predicted molar refractivity (Wildman–Crippen MR) is 103 cm³/mol. The van der Waals surface area contributed by atoms with Crippen LogP contribution in [-0.4, -0.2) is 5.11 Å². The molecule has 0 bridgehead atoms. The number of aromatic hydroxyl groups is 1. The Morgan fingerprint density at radius 1 is 0.840 bits per heavy atom. The Balaban J connectivity index is 1.62. The minimum Gasteiger partial charge on any atom is -0.505 e. The fourth-order valence-corrected chi connectivity index (χ4v) is 2.84. The van der Waals surface area contributed by atoms with Gasteiger partial charge in [0.1, 0.15) is 12.4 Å². The van der Waals surface area contributed by atoms with Gasteiger partial charge in [-0.2, -0.15) is 0 Å². The zero-order valence-corrected chi connectivity index (χ0v) is 14.9. The zero-order valence-electron chi connectivity index (χ0n) is 13.4. The summed E-state index contributed by atoms with van der Waals surface area (Å²) in [7, 11) is 0. The molecule has 0 aliphatic rings. The Morgan fingerprint density at radius 2 is 1.52 bits per heavy atom. The van der Waals surface area contributed by atoms with Gasteiger partial charge in [-0.1, -0.05) is 65.7 Å². The molecule has 0 aliphatic heterocycles. The summed E-state index contributed by atoms with van der Waals surface area (Å²) in [5, 5.41) is 13.3. The number of phenols is 1. The van der Waals surface area contributed by atoms with E-state index in [-0.39, 0.29) is 15.8 Å². The molecule has 2 N–H and O–H groups in total. The van der Waals surface area contributed by atoms with Gasteiger partial charge in [0, 0.05) is 12.2 Å². The molecule has 0 radical (unpaired) electrons. The fraction of sp³-hybridized carbons (Fsp3) is 0.100. The van der Waals surface area contributed by atoms with E-state index in [0.29, 0.717) is 13.2 Å². The van der Waals surface area contributed by atoms with Gasteiger partial charge in [0.15, 0.2) is 5.75 Å². The molecule has 0 heterocycles. The number of nitrogens with one attached hydrogen (secondary N) is 1. The van der Waals surface area contributed by atoms with Crippen molar-refractivity contribution in [3.05, 3.63) is 87.9 Å². The van der Waals surface area contributed by atoms with Gasteiger partial charge in [-0.3, -0.25) is 0 Å². The van der Waals surface area contributed by atoms with Crippen LogP contribution in [-0.2, 0) is 13.2 Å². The number of phenolic OH excluding ortho intramolecular Hbond substituents is 1. The van der Waals surface area contributed by atoms with Gasteiger partial charge < -0.3 is 15.2 Å². The topological polar surface area (TPSA) is 41.5 Å². The van der Waals surface area contributed by atoms with E-state index in [0.717, 1.165) is 22.6 Å². The summed E-state index contributed by atoms with van der Waals surface area (Å²) in [5.74, 6) is 0.704. The number of ether oxygens (including phenoxy) is 1. The molecule has 0 spiro atoms. The number of benzene rings is 3. The quantitative estimate of drug-likeness (QED) is 0.529. The highest BCUT2D eigenvalue weighted by Gasteiger charge is 2.06. The van der Waals surface area contributed by atoms with Crippen LogP contribution >= 0.6 is 23.2 Å². The number of hydrogen-bond donors (Lipinski definition) is 2. The number of rotatable bonds is 6. The third-order valence-electron chi connectivity index (χ3n) is 3.66. The Kier molecular flexibility index (Phi) is 5.69. The molecular formula is C20H17Cl2NO2. The lowest BCUT2D eigenvalue weighted by Gasteiger charge is -2.11. The van der Waals surface area contributed by atoms with Crippen molar-refractivity contribution in [3.8, 4) is 11.5 Å². The Hall–Kier alpha value is -2.36. The van der Waals surface area contributed by atoms with E-state index in [1.165, 1.54) is 0 Å². The van der Waals surface area contributed by atoms with Gasteiger partial charge in [-0.05, 0) is 35.4 Å². The summed E-state index contributed by atoms with van der Waals surface area (Å²) < 4.78 is 5.84. The highest BCUT2D eigenvalue weighted by atomic mass is 35.5. The van der Waals surface area contributed by atoms with Crippen molar-refractivity contribution in [2.45, 2.75) is 13.2 Å². The molecule has 128 valence electrons. The zero-order chi connectivity index (χ0) is 17.6. The smallest absolute Gasteiger partial charge is 0.152 e. The molecule has 3 aromatic rings. The second kappa shape index (κ2) is 8.15. The van der Waals surface area contributed by atoms with Crippen molar-refractivity contribution < 1.29 is 9.84 Å². The molecule has 3 rings (SSSR count). The van der Waals surface area contributed by atoms with Crippen molar-refractivity contribution in [2.24, 2.45) is 0 Å². The normalized spacial score (nSPS) is 10.5. The minimum absolute atomic E-state index is 0.106. The summed E-state index contributed by atoms with van der Waals surface area (Å²) in [5.41, 5.74) is 2.92. The highest BCUT2D eigenvalue weighted by molar-refractivity contribution is 6.37. The van der Waals surface area contributed by atoms with E-state index in [2.05, 4.69) is 5.32 Å². The van der Waals surface area contributed by atoms with Crippen molar-refractivity contribution in [3.63, 3.8) is 0 Å². The van der Waals surface area contributed by atoms with E-state index in [1.54, 1.807) is 12.1 Å². The summed E-state index contributed by atoms with van der Waals surface area (Å²) in [6.45, 7) is 1.11. The highest BCUT2D eigenvalue weighted by Crippen LogP contribution is 2.34. The number of anilines is 1. The Bertz CT molecular complexity index is 830. The van der Waals surface area contributed by atoms with Crippen LogP contribution in [0.25, 0.3) is 0 Å². The average Bonchev–Trinajstić information content (AvgIpc) is 2.64. The lowest BCUT2D eigenvalue weighted by atomic mass is 10.2. The van der Waals surface area contributed by atoms with Gasteiger partial charge in [-0.25, -0.2) is 0 Å². The third kappa shape index (κ3) is 4.81. The van der Waals surface area contributed by atoms with Crippen LogP contribution in [0.2, 0.25) is 10.0 Å². The first-order valence-electron chi connectivity index (χ1n) is 7.79. The molecule has 3 aromatic carbocycles. The van der Waals surface area contributed by atoms with E-state index >= 15 is 0 Å². The first-order chi connectivity index (χ1) is 12.1. The van der Waals surface area contributed by atoms with E-state index in [9.17, 15) is 5.11 Å². The van der Waals surface area contributed by atoms with Crippen molar-refractivity contribution in [2.75, 3.05) is 5.32 Å². The molecule has 0 aromatic heterocycles. The summed E-state index contributed by atoms with van der Waals surface area (Å²) in [6, 6.07) is 21.2. The van der Waals surface area contributed by atoms with E-state index < -0.39 is 0 Å². The molecule has 5 heteroatoms. The average molecular weight is 374 g/mol. The Labute approximate surface area is 156 Å². The van der Waals surface area contributed by atoms with Crippen molar-refractivity contribution in [1.29, 1.82) is 0 Å². The molecule has 0 atom stereocenters. The van der Waals surface area contributed by atoms with Crippen LogP contribution in [0.4, 0.5) is 5.69 Å². The second-order valence-electron chi connectivity index (χ2n) is 5.56. The predicted octanol–water partition coefficient (Wildman–Crippen LogP) is 5.89. The van der Waals surface area contributed by atoms with Crippen LogP contribution in [0, 0.1) is 0 Å². The SMILES string of the molecule is Oc1c(Cl)cc(NCc2cccc(OCc3ccccc3)c2)cc1Cl. The molecule has 0 amide bonds. The largest absolute Gasteiger partial charge is 0.505 e. The molecule has 0 aliphatic carbocycles. The van der Waals surface area contributed by atoms with Crippen molar-refractivity contribution >= 4 is 28.9 Å². The molecular weight excluding hydrogens is 357 g/mol. The molecule has 3 nitrogen and oxygen atoms in total. The standard InChI is InChI=1S/C20H17Cl2NO2/c21-18-10-16(11-19(22)20(18)24)23-12-15-7-4-8-17(9-15)25-13-14-5-2-1-3-6-14/h1-11,23-24H,12-13H2. The molecule has 0 unspecified atom stereocenters. The summed E-state index contributed by atoms with van der Waals surface area (Å²) >= 11 is 11.9. The monoisotopic (exact) mass is 373 g/mol. The van der Waals surface area contributed by atoms with Crippen LogP contribution in [0.15, 0.2) is 66.7 Å². The lowest BCUT2D eigenvalue weighted by Crippen LogP contribution is -2.00. The third-order valence-corrected chi connectivity index (χ3v) is 4.24. The van der Waals surface area contributed by atoms with Gasteiger partial charge in [0.2, 0.25) is 0 Å². The van der Waals surface area contributed by atoms with Crippen LogP contribution in [0.3, 0.4) is 0 Å². The van der Waals surface area contributed by atoms with E-state index in [4.69, 9.17) is 27.9 Å². The first-order valence-corrected chi connectivity index (χ1v) is 8.55. The van der Waals surface area contributed by atoms with Gasteiger partial charge in [0.05, 0.1) is 10.0 Å². The van der Waals surface area contributed by atoms with E-state index in [1.807, 2.05) is 54.6 Å².